The zero-order valence-corrected chi connectivity index (χ0v) is 8.79. The minimum atomic E-state index is -0.632. The molecule has 0 spiro atoms. The summed E-state index contributed by atoms with van der Waals surface area (Å²) in [6.45, 7) is 6.30. The molecular formula is C9H19NO3. The van der Waals surface area contributed by atoms with Crippen molar-refractivity contribution in [1.29, 1.82) is 0 Å². The molecule has 0 amide bonds. The smallest absolute Gasteiger partial charge is 0.323 e. The van der Waals surface area contributed by atoms with Crippen LogP contribution in [0.25, 0.3) is 0 Å². The Labute approximate surface area is 79.4 Å². The molecular weight excluding hydrogens is 170 g/mol. The van der Waals surface area contributed by atoms with Gasteiger partial charge in [-0.2, -0.15) is 0 Å². The Morgan fingerprint density at radius 1 is 1.54 bits per heavy atom. The van der Waals surface area contributed by atoms with Gasteiger partial charge in [0.05, 0.1) is 13.2 Å². The molecule has 0 saturated carbocycles. The molecule has 4 nitrogen and oxygen atoms in total. The topological polar surface area (TPSA) is 61.5 Å². The third-order valence-corrected chi connectivity index (χ3v) is 1.90. The molecule has 0 aliphatic carbocycles. The number of carbonyl (C=O) groups excluding carboxylic acids is 1. The van der Waals surface area contributed by atoms with Crippen LogP contribution in [-0.2, 0) is 14.3 Å². The number of nitrogens with two attached hydrogens (primary N) is 1. The molecule has 0 aromatic carbocycles. The highest BCUT2D eigenvalue weighted by molar-refractivity contribution is 5.76. The Kier molecular flexibility index (Phi) is 4.95. The minimum absolute atomic E-state index is 0.357. The van der Waals surface area contributed by atoms with Gasteiger partial charge in [-0.1, -0.05) is 13.8 Å². The highest BCUT2D eigenvalue weighted by Gasteiger charge is 2.33. The first-order valence-corrected chi connectivity index (χ1v) is 4.37. The normalized spacial score (nSPS) is 13.9. The van der Waals surface area contributed by atoms with Gasteiger partial charge in [0.25, 0.3) is 0 Å². The molecule has 0 fully saturated rings. The summed E-state index contributed by atoms with van der Waals surface area (Å²) in [6, 6.07) is -0.632. The van der Waals surface area contributed by atoms with Gasteiger partial charge in [-0.05, 0) is 6.92 Å². The molecule has 78 valence electrons. The van der Waals surface area contributed by atoms with Gasteiger partial charge in [0.15, 0.2) is 0 Å². The fraction of sp³-hybridized carbons (Fsp3) is 0.889. The van der Waals surface area contributed by atoms with Crippen molar-refractivity contribution < 1.29 is 14.3 Å². The second kappa shape index (κ2) is 5.19. The van der Waals surface area contributed by atoms with Crippen LogP contribution >= 0.6 is 0 Å². The number of carbonyl (C=O) groups is 1. The van der Waals surface area contributed by atoms with E-state index in [1.54, 1.807) is 14.0 Å². The van der Waals surface area contributed by atoms with Crippen LogP contribution in [0.4, 0.5) is 0 Å². The summed E-state index contributed by atoms with van der Waals surface area (Å²) in [5.74, 6) is -0.371. The van der Waals surface area contributed by atoms with E-state index >= 15 is 0 Å². The largest absolute Gasteiger partial charge is 0.465 e. The molecule has 0 rings (SSSR count). The molecule has 0 aromatic rings. The van der Waals surface area contributed by atoms with Crippen LogP contribution in [0.15, 0.2) is 0 Å². The molecule has 0 heterocycles. The molecule has 0 bridgehead atoms. The number of ether oxygens (including phenoxy) is 2. The number of methoxy groups -OCH3 is 1. The predicted molar refractivity (Wildman–Crippen MR) is 50.3 cm³/mol. The molecule has 2 N–H and O–H groups in total. The lowest BCUT2D eigenvalue weighted by Gasteiger charge is -2.28. The predicted octanol–water partition coefficient (Wildman–Crippen LogP) is 0.549. The van der Waals surface area contributed by atoms with Gasteiger partial charge in [0.1, 0.15) is 6.04 Å². The number of hydrogen-bond acceptors (Lipinski definition) is 4. The minimum Gasteiger partial charge on any atom is -0.465 e. The zero-order chi connectivity index (χ0) is 10.5. The summed E-state index contributed by atoms with van der Waals surface area (Å²) in [7, 11) is 1.58. The summed E-state index contributed by atoms with van der Waals surface area (Å²) >= 11 is 0. The third kappa shape index (κ3) is 3.74. The summed E-state index contributed by atoms with van der Waals surface area (Å²) in [5, 5.41) is 0. The van der Waals surface area contributed by atoms with E-state index in [1.807, 2.05) is 13.8 Å². The van der Waals surface area contributed by atoms with Crippen LogP contribution in [-0.4, -0.2) is 32.3 Å². The molecule has 0 aliphatic rings. The van der Waals surface area contributed by atoms with Gasteiger partial charge in [-0.25, -0.2) is 0 Å². The molecule has 0 aromatic heterocycles. The monoisotopic (exact) mass is 189 g/mol. The quantitative estimate of drug-likeness (QED) is 0.641. The number of rotatable bonds is 5. The van der Waals surface area contributed by atoms with Crippen LogP contribution in [0.1, 0.15) is 20.8 Å². The molecule has 13 heavy (non-hydrogen) atoms. The van der Waals surface area contributed by atoms with Crippen LogP contribution in [0, 0.1) is 5.41 Å². The van der Waals surface area contributed by atoms with Crippen molar-refractivity contribution in [2.45, 2.75) is 26.8 Å². The molecule has 1 unspecified atom stereocenters. The van der Waals surface area contributed by atoms with E-state index < -0.39 is 6.04 Å². The Morgan fingerprint density at radius 2 is 2.08 bits per heavy atom. The Bertz CT molecular complexity index is 168. The highest BCUT2D eigenvalue weighted by Crippen LogP contribution is 2.20. The first kappa shape index (κ1) is 12.4. The van der Waals surface area contributed by atoms with Crippen LogP contribution in [0.3, 0.4) is 0 Å². The SMILES string of the molecule is CCOC(=O)C(N)C(C)(C)COC. The van der Waals surface area contributed by atoms with Crippen LogP contribution in [0.2, 0.25) is 0 Å². The summed E-state index contributed by atoms with van der Waals surface area (Å²) in [6.07, 6.45) is 0. The van der Waals surface area contributed by atoms with Crippen molar-refractivity contribution in [3.63, 3.8) is 0 Å². The zero-order valence-electron chi connectivity index (χ0n) is 8.79. The van der Waals surface area contributed by atoms with Crippen molar-refractivity contribution in [2.75, 3.05) is 20.3 Å². The summed E-state index contributed by atoms with van der Waals surface area (Å²) < 4.78 is 9.79. The van der Waals surface area contributed by atoms with Gasteiger partial charge in [-0.3, -0.25) is 4.79 Å². The second-order valence-corrected chi connectivity index (χ2v) is 3.65. The lowest BCUT2D eigenvalue weighted by atomic mass is 9.86. The van der Waals surface area contributed by atoms with Gasteiger partial charge in [0, 0.05) is 12.5 Å². The lowest BCUT2D eigenvalue weighted by molar-refractivity contribution is -0.148. The van der Waals surface area contributed by atoms with Gasteiger partial charge in [-0.15, -0.1) is 0 Å². The van der Waals surface area contributed by atoms with Gasteiger partial charge in [0.2, 0.25) is 0 Å². The maximum absolute atomic E-state index is 11.3. The van der Waals surface area contributed by atoms with Crippen molar-refractivity contribution >= 4 is 5.97 Å². The average Bonchev–Trinajstić information content (AvgIpc) is 2.03. The van der Waals surface area contributed by atoms with E-state index in [2.05, 4.69) is 0 Å². The van der Waals surface area contributed by atoms with E-state index in [0.717, 1.165) is 0 Å². The standard InChI is InChI=1S/C9H19NO3/c1-5-13-8(11)7(10)9(2,3)6-12-4/h7H,5-6,10H2,1-4H3. The van der Waals surface area contributed by atoms with E-state index in [1.165, 1.54) is 0 Å². The van der Waals surface area contributed by atoms with Crippen LogP contribution < -0.4 is 5.73 Å². The van der Waals surface area contributed by atoms with E-state index in [-0.39, 0.29) is 11.4 Å². The average molecular weight is 189 g/mol. The van der Waals surface area contributed by atoms with Crippen molar-refractivity contribution in [3.8, 4) is 0 Å². The number of esters is 1. The van der Waals surface area contributed by atoms with Crippen molar-refractivity contribution in [3.05, 3.63) is 0 Å². The molecule has 0 aliphatic heterocycles. The molecule has 0 radical (unpaired) electrons. The molecule has 1 atom stereocenters. The first-order chi connectivity index (χ1) is 5.95. The number of hydrogen-bond donors (Lipinski definition) is 1. The van der Waals surface area contributed by atoms with E-state index in [4.69, 9.17) is 15.2 Å². The maximum Gasteiger partial charge on any atom is 0.323 e. The molecule has 0 saturated heterocycles. The van der Waals surface area contributed by atoms with Crippen molar-refractivity contribution in [1.82, 2.24) is 0 Å². The highest BCUT2D eigenvalue weighted by atomic mass is 16.5. The van der Waals surface area contributed by atoms with E-state index in [0.29, 0.717) is 13.2 Å². The fourth-order valence-corrected chi connectivity index (χ4v) is 1.01. The lowest BCUT2D eigenvalue weighted by Crippen LogP contribution is -2.47. The van der Waals surface area contributed by atoms with Gasteiger partial charge >= 0.3 is 5.97 Å². The molecule has 4 heteroatoms. The Hall–Kier alpha value is -0.610. The van der Waals surface area contributed by atoms with E-state index in [9.17, 15) is 4.79 Å². The Morgan fingerprint density at radius 3 is 2.46 bits per heavy atom. The van der Waals surface area contributed by atoms with Gasteiger partial charge < -0.3 is 15.2 Å². The first-order valence-electron chi connectivity index (χ1n) is 4.37. The van der Waals surface area contributed by atoms with Crippen LogP contribution in [0.5, 0.6) is 0 Å². The van der Waals surface area contributed by atoms with Crippen molar-refractivity contribution in [2.24, 2.45) is 11.1 Å². The Balaban J connectivity index is 4.21. The second-order valence-electron chi connectivity index (χ2n) is 3.65. The summed E-state index contributed by atoms with van der Waals surface area (Å²) in [4.78, 5) is 11.3. The summed E-state index contributed by atoms with van der Waals surface area (Å²) in [5.41, 5.74) is 5.32. The fourth-order valence-electron chi connectivity index (χ4n) is 1.01. The third-order valence-electron chi connectivity index (χ3n) is 1.90. The maximum atomic E-state index is 11.3.